The van der Waals surface area contributed by atoms with Crippen LogP contribution in [0.1, 0.15) is 25.7 Å². The minimum Gasteiger partial charge on any atom is -0.423 e. The summed E-state index contributed by atoms with van der Waals surface area (Å²) in [5.41, 5.74) is -0.511. The van der Waals surface area contributed by atoms with Crippen LogP contribution in [0.4, 0.5) is 0 Å². The molecule has 0 spiro atoms. The van der Waals surface area contributed by atoms with Crippen molar-refractivity contribution in [2.45, 2.75) is 37.4 Å². The third-order valence-corrected chi connectivity index (χ3v) is 4.27. The van der Waals surface area contributed by atoms with Gasteiger partial charge in [0.15, 0.2) is 6.29 Å². The van der Waals surface area contributed by atoms with Crippen molar-refractivity contribution in [3.8, 4) is 0 Å². The van der Waals surface area contributed by atoms with Gasteiger partial charge in [0.1, 0.15) is 11.0 Å². The first-order valence-electron chi connectivity index (χ1n) is 6.73. The smallest absolute Gasteiger partial charge is 0.336 e. The second kappa shape index (κ2) is 4.68. The second-order valence-corrected chi connectivity index (χ2v) is 5.60. The van der Waals surface area contributed by atoms with Gasteiger partial charge in [-0.3, -0.25) is 0 Å². The van der Waals surface area contributed by atoms with Gasteiger partial charge in [0.05, 0.1) is 6.10 Å². The Bertz CT molecular complexity index is 717. The molecule has 2 aliphatic rings. The van der Waals surface area contributed by atoms with E-state index in [9.17, 15) is 19.8 Å². The molecule has 1 aromatic heterocycles. The lowest BCUT2D eigenvalue weighted by atomic mass is 9.73. The van der Waals surface area contributed by atoms with Gasteiger partial charge in [-0.15, -0.1) is 0 Å². The molecule has 0 amide bonds. The van der Waals surface area contributed by atoms with Crippen LogP contribution in [0.2, 0.25) is 0 Å². The summed E-state index contributed by atoms with van der Waals surface area (Å²) in [5, 5.41) is 21.2. The Labute approximate surface area is 114 Å². The van der Waals surface area contributed by atoms with E-state index >= 15 is 0 Å². The monoisotopic (exact) mass is 276 g/mol. The predicted molar refractivity (Wildman–Crippen MR) is 71.1 cm³/mol. The molecule has 1 aromatic rings. The minimum atomic E-state index is -1.39. The molecular formula is C15H16O5. The molecule has 1 fully saturated rings. The number of aliphatic hydroxyl groups is 2. The van der Waals surface area contributed by atoms with Crippen molar-refractivity contribution in [1.82, 2.24) is 0 Å². The van der Waals surface area contributed by atoms with E-state index in [1.807, 2.05) is 6.08 Å². The topological polar surface area (TPSA) is 87.7 Å². The Kier molecular flexibility index (Phi) is 3.11. The van der Waals surface area contributed by atoms with Gasteiger partial charge in [-0.25, -0.2) is 4.79 Å². The summed E-state index contributed by atoms with van der Waals surface area (Å²) in [4.78, 5) is 22.5. The molecule has 20 heavy (non-hydrogen) atoms. The molecule has 2 unspecified atom stereocenters. The largest absolute Gasteiger partial charge is 0.423 e. The highest BCUT2D eigenvalue weighted by atomic mass is 16.4. The van der Waals surface area contributed by atoms with E-state index in [1.54, 1.807) is 6.07 Å². The van der Waals surface area contributed by atoms with Crippen LogP contribution in [0.15, 0.2) is 21.3 Å². The Balaban J connectivity index is 2.22. The van der Waals surface area contributed by atoms with Gasteiger partial charge in [0.25, 0.3) is 0 Å². The van der Waals surface area contributed by atoms with Gasteiger partial charge in [0.2, 0.25) is 0 Å². The van der Waals surface area contributed by atoms with E-state index < -0.39 is 17.3 Å². The number of fused-ring (bicyclic) bond motifs is 2. The molecule has 2 aliphatic carbocycles. The van der Waals surface area contributed by atoms with E-state index in [4.69, 9.17) is 4.42 Å². The highest BCUT2D eigenvalue weighted by molar-refractivity contribution is 5.65. The van der Waals surface area contributed by atoms with Gasteiger partial charge in [-0.1, -0.05) is 6.08 Å². The number of carbonyl (C=O) groups is 1. The molecule has 0 radical (unpaired) electrons. The number of hydrogen-bond acceptors (Lipinski definition) is 5. The minimum absolute atomic E-state index is 0.166. The zero-order valence-corrected chi connectivity index (χ0v) is 10.9. The quantitative estimate of drug-likeness (QED) is 0.647. The molecule has 1 saturated carbocycles. The zero-order valence-electron chi connectivity index (χ0n) is 10.9. The summed E-state index contributed by atoms with van der Waals surface area (Å²) in [6.45, 7) is 0. The summed E-state index contributed by atoms with van der Waals surface area (Å²) in [6.07, 6.45) is 2.98. The molecule has 0 bridgehead atoms. The molecule has 5 heteroatoms. The van der Waals surface area contributed by atoms with Crippen LogP contribution >= 0.6 is 0 Å². The predicted octanol–water partition coefficient (Wildman–Crippen LogP) is -0.934. The lowest BCUT2D eigenvalue weighted by molar-refractivity contribution is -0.127. The van der Waals surface area contributed by atoms with Gasteiger partial charge in [-0.05, 0) is 37.3 Å². The molecule has 1 heterocycles. The fourth-order valence-electron chi connectivity index (χ4n) is 3.15. The maximum atomic E-state index is 11.4. The molecule has 0 aliphatic heterocycles. The maximum absolute atomic E-state index is 11.4. The summed E-state index contributed by atoms with van der Waals surface area (Å²) in [6, 6.07) is 3.04. The third-order valence-electron chi connectivity index (χ3n) is 4.27. The van der Waals surface area contributed by atoms with Crippen LogP contribution in [0.25, 0.3) is 11.6 Å². The fourth-order valence-corrected chi connectivity index (χ4v) is 3.15. The van der Waals surface area contributed by atoms with Crippen LogP contribution in [-0.2, 0) is 4.79 Å². The number of aldehydes is 1. The number of hydrogen-bond donors (Lipinski definition) is 2. The molecule has 0 aromatic carbocycles. The first kappa shape index (κ1) is 13.3. The van der Waals surface area contributed by atoms with Crippen LogP contribution in [0, 0.1) is 5.92 Å². The Hall–Kier alpha value is -1.72. The number of aliphatic hydroxyl groups excluding tert-OH is 1. The highest BCUT2D eigenvalue weighted by Crippen LogP contribution is 2.38. The van der Waals surface area contributed by atoms with Crippen molar-refractivity contribution >= 4 is 17.9 Å². The van der Waals surface area contributed by atoms with E-state index in [-0.39, 0.29) is 18.8 Å². The Morgan fingerprint density at radius 1 is 1.40 bits per heavy atom. The summed E-state index contributed by atoms with van der Waals surface area (Å²) >= 11 is 0. The highest BCUT2D eigenvalue weighted by Gasteiger charge is 2.40. The molecule has 3 rings (SSSR count). The second-order valence-electron chi connectivity index (χ2n) is 5.60. The van der Waals surface area contributed by atoms with Crippen molar-refractivity contribution in [1.29, 1.82) is 0 Å². The fraction of sp³-hybridized carbons (Fsp3) is 0.467. The summed E-state index contributed by atoms with van der Waals surface area (Å²) in [5.74, 6) is -0.359. The average Bonchev–Trinajstić information content (AvgIpc) is 2.57. The van der Waals surface area contributed by atoms with E-state index in [2.05, 4.69) is 0 Å². The molecule has 3 atom stereocenters. The van der Waals surface area contributed by atoms with Crippen LogP contribution in [-0.4, -0.2) is 28.2 Å². The molecule has 5 nitrogen and oxygen atoms in total. The van der Waals surface area contributed by atoms with Crippen LogP contribution in [0.3, 0.4) is 0 Å². The van der Waals surface area contributed by atoms with Crippen molar-refractivity contribution < 1.29 is 19.4 Å². The molecular weight excluding hydrogens is 260 g/mol. The normalized spacial score (nSPS) is 32.6. The van der Waals surface area contributed by atoms with Gasteiger partial charge >= 0.3 is 5.63 Å². The van der Waals surface area contributed by atoms with Gasteiger partial charge < -0.3 is 19.4 Å². The SMILES string of the molecule is O=C[C@]1(O)CCC2=c3oc(=O)ccc3=CCC(O)C2C1. The maximum Gasteiger partial charge on any atom is 0.336 e. The Morgan fingerprint density at radius 3 is 2.95 bits per heavy atom. The summed E-state index contributed by atoms with van der Waals surface area (Å²) < 4.78 is 5.29. The van der Waals surface area contributed by atoms with Crippen LogP contribution < -0.4 is 16.3 Å². The van der Waals surface area contributed by atoms with Crippen molar-refractivity contribution in [2.75, 3.05) is 0 Å². The third kappa shape index (κ3) is 2.13. The van der Waals surface area contributed by atoms with Crippen molar-refractivity contribution in [3.63, 3.8) is 0 Å². The van der Waals surface area contributed by atoms with E-state index in [0.717, 1.165) is 10.8 Å². The lowest BCUT2D eigenvalue weighted by Crippen LogP contribution is -2.43. The van der Waals surface area contributed by atoms with Crippen molar-refractivity contribution in [2.24, 2.45) is 5.92 Å². The van der Waals surface area contributed by atoms with Crippen LogP contribution in [0.5, 0.6) is 0 Å². The molecule has 0 saturated heterocycles. The Morgan fingerprint density at radius 2 is 2.20 bits per heavy atom. The first-order valence-corrected chi connectivity index (χ1v) is 6.73. The van der Waals surface area contributed by atoms with Gasteiger partial charge in [0, 0.05) is 17.2 Å². The van der Waals surface area contributed by atoms with E-state index in [1.165, 1.54) is 6.07 Å². The number of carbonyl (C=O) groups excluding carboxylic acids is 1. The van der Waals surface area contributed by atoms with E-state index in [0.29, 0.717) is 24.5 Å². The number of rotatable bonds is 1. The lowest BCUT2D eigenvalue weighted by Gasteiger charge is -2.36. The van der Waals surface area contributed by atoms with Crippen molar-refractivity contribution in [3.05, 3.63) is 33.2 Å². The molecule has 106 valence electrons. The standard InChI is InChI=1S/C15H16O5/c16-8-15(19)6-5-10-11(7-15)12(17)3-1-9-2-4-13(18)20-14(9)10/h1-2,4,8,11-12,17,19H,3,5-7H2/t11?,12?,15-/m0/s1. The average molecular weight is 276 g/mol. The first-order chi connectivity index (χ1) is 9.52. The summed E-state index contributed by atoms with van der Waals surface area (Å²) in [7, 11) is 0. The molecule has 2 N–H and O–H groups in total. The zero-order chi connectivity index (χ0) is 14.3. The van der Waals surface area contributed by atoms with Gasteiger partial charge in [-0.2, -0.15) is 0 Å².